The van der Waals surface area contributed by atoms with Crippen LogP contribution in [0.4, 0.5) is 5.82 Å². The zero-order valence-electron chi connectivity index (χ0n) is 16.3. The van der Waals surface area contributed by atoms with Gasteiger partial charge in [0.05, 0.1) is 21.3 Å². The van der Waals surface area contributed by atoms with Crippen molar-refractivity contribution in [2.45, 2.75) is 13.8 Å². The van der Waals surface area contributed by atoms with Crippen molar-refractivity contribution in [1.29, 1.82) is 0 Å². The van der Waals surface area contributed by atoms with Gasteiger partial charge in [0.25, 0.3) is 5.91 Å². The molecule has 0 aliphatic rings. The topological polar surface area (TPSA) is 82.6 Å². The first-order chi connectivity index (χ1) is 13.5. The second-order valence-corrected chi connectivity index (χ2v) is 7.16. The number of pyridine rings is 1. The van der Waals surface area contributed by atoms with Crippen LogP contribution in [0.15, 0.2) is 30.5 Å². The number of nitrogens with one attached hydrogen (secondary N) is 1. The van der Waals surface area contributed by atoms with E-state index in [1.165, 1.54) is 11.3 Å². The Morgan fingerprint density at radius 2 is 1.75 bits per heavy atom. The Morgan fingerprint density at radius 3 is 2.32 bits per heavy atom. The number of carbonyl (C=O) groups excluding carboxylic acids is 1. The molecule has 8 heteroatoms. The van der Waals surface area contributed by atoms with Gasteiger partial charge >= 0.3 is 0 Å². The first-order valence-corrected chi connectivity index (χ1v) is 9.31. The molecular formula is C20H21N3O4S. The monoisotopic (exact) mass is 399 g/mol. The van der Waals surface area contributed by atoms with E-state index < -0.39 is 0 Å². The van der Waals surface area contributed by atoms with Crippen molar-refractivity contribution in [2.75, 3.05) is 26.6 Å². The van der Waals surface area contributed by atoms with Gasteiger partial charge in [-0.25, -0.2) is 9.97 Å². The van der Waals surface area contributed by atoms with Gasteiger partial charge in [-0.05, 0) is 37.6 Å². The Hall–Kier alpha value is -3.13. The lowest BCUT2D eigenvalue weighted by molar-refractivity contribution is 0.102. The number of rotatable bonds is 6. The quantitative estimate of drug-likeness (QED) is 0.672. The molecule has 0 aliphatic carbocycles. The molecule has 0 spiro atoms. The normalized spacial score (nSPS) is 10.5. The highest BCUT2D eigenvalue weighted by Gasteiger charge is 2.20. The van der Waals surface area contributed by atoms with E-state index in [9.17, 15) is 4.79 Å². The molecule has 0 atom stereocenters. The van der Waals surface area contributed by atoms with E-state index in [0.29, 0.717) is 33.8 Å². The number of hydrogen-bond donors (Lipinski definition) is 1. The Labute approximate surface area is 167 Å². The summed E-state index contributed by atoms with van der Waals surface area (Å²) in [6, 6.07) is 7.33. The molecule has 1 aromatic carbocycles. The number of methoxy groups -OCH3 is 3. The van der Waals surface area contributed by atoms with E-state index in [1.807, 2.05) is 38.1 Å². The van der Waals surface area contributed by atoms with Crippen LogP contribution in [0, 0.1) is 13.8 Å². The van der Waals surface area contributed by atoms with Crippen LogP contribution in [0.5, 0.6) is 17.2 Å². The minimum absolute atomic E-state index is 0.297. The van der Waals surface area contributed by atoms with Crippen LogP contribution in [-0.4, -0.2) is 37.2 Å². The third-order valence-corrected chi connectivity index (χ3v) is 5.18. The fourth-order valence-electron chi connectivity index (χ4n) is 2.72. The lowest BCUT2D eigenvalue weighted by atomic mass is 10.2. The lowest BCUT2D eigenvalue weighted by Gasteiger charge is -2.13. The predicted octanol–water partition coefficient (Wildman–Crippen LogP) is 4.10. The average Bonchev–Trinajstić information content (AvgIpc) is 3.10. The Balaban J connectivity index is 1.96. The van der Waals surface area contributed by atoms with Crippen molar-refractivity contribution in [3.63, 3.8) is 0 Å². The van der Waals surface area contributed by atoms with Gasteiger partial charge in [-0.1, -0.05) is 6.07 Å². The highest BCUT2D eigenvalue weighted by molar-refractivity contribution is 7.15. The van der Waals surface area contributed by atoms with Crippen LogP contribution in [0.25, 0.3) is 10.6 Å². The van der Waals surface area contributed by atoms with E-state index >= 15 is 0 Å². The van der Waals surface area contributed by atoms with Crippen LogP contribution in [0.1, 0.15) is 20.9 Å². The Bertz CT molecular complexity index is 991. The molecule has 0 bridgehead atoms. The van der Waals surface area contributed by atoms with E-state index in [2.05, 4.69) is 15.3 Å². The van der Waals surface area contributed by atoms with E-state index in [4.69, 9.17) is 14.2 Å². The summed E-state index contributed by atoms with van der Waals surface area (Å²) in [6.07, 6.45) is 1.64. The van der Waals surface area contributed by atoms with Crippen molar-refractivity contribution in [3.8, 4) is 27.8 Å². The van der Waals surface area contributed by atoms with Crippen molar-refractivity contribution in [1.82, 2.24) is 9.97 Å². The van der Waals surface area contributed by atoms with Crippen molar-refractivity contribution in [3.05, 3.63) is 46.6 Å². The molecule has 0 radical (unpaired) electrons. The first-order valence-electron chi connectivity index (χ1n) is 8.49. The zero-order valence-corrected chi connectivity index (χ0v) is 17.1. The number of carbonyl (C=O) groups is 1. The van der Waals surface area contributed by atoms with E-state index in [-0.39, 0.29) is 5.91 Å². The first kappa shape index (κ1) is 19.6. The second kappa shape index (κ2) is 8.26. The largest absolute Gasteiger partial charge is 0.493 e. The number of hydrogen-bond acceptors (Lipinski definition) is 7. The molecule has 3 aromatic rings. The molecule has 0 saturated heterocycles. The van der Waals surface area contributed by atoms with E-state index in [1.54, 1.807) is 27.5 Å². The number of aromatic nitrogens is 2. The molecule has 1 amide bonds. The average molecular weight is 399 g/mol. The minimum Gasteiger partial charge on any atom is -0.493 e. The van der Waals surface area contributed by atoms with Crippen LogP contribution in [-0.2, 0) is 0 Å². The third-order valence-electron chi connectivity index (χ3n) is 4.16. The molecule has 146 valence electrons. The molecule has 0 fully saturated rings. The van der Waals surface area contributed by atoms with E-state index in [0.717, 1.165) is 16.0 Å². The van der Waals surface area contributed by atoms with Gasteiger partial charge in [0.15, 0.2) is 11.5 Å². The summed E-state index contributed by atoms with van der Waals surface area (Å²) in [5, 5.41) is 3.50. The highest BCUT2D eigenvalue weighted by Crippen LogP contribution is 2.42. The smallest absolute Gasteiger partial charge is 0.276 e. The van der Waals surface area contributed by atoms with Gasteiger partial charge in [0.2, 0.25) is 5.75 Å². The van der Waals surface area contributed by atoms with Gasteiger partial charge in [-0.2, -0.15) is 0 Å². The molecule has 28 heavy (non-hydrogen) atoms. The summed E-state index contributed by atoms with van der Waals surface area (Å²) in [7, 11) is 4.67. The molecule has 3 rings (SSSR count). The molecule has 0 unspecified atom stereocenters. The third kappa shape index (κ3) is 3.77. The predicted molar refractivity (Wildman–Crippen MR) is 109 cm³/mol. The standard InChI is InChI=1S/C20H21N3O4S/c1-11-7-6-8-21-18(11)23-19(24)16-12(2)28-20(22-16)13-9-14(25-3)17(27-5)15(10-13)26-4/h6-10H,1-5H3,(H,21,23,24). The fraction of sp³-hybridized carbons (Fsp3) is 0.250. The number of benzene rings is 1. The summed E-state index contributed by atoms with van der Waals surface area (Å²) in [6.45, 7) is 3.75. The van der Waals surface area contributed by atoms with Gasteiger partial charge in [0.1, 0.15) is 16.5 Å². The zero-order chi connectivity index (χ0) is 20.3. The molecule has 2 aromatic heterocycles. The maximum absolute atomic E-state index is 12.7. The van der Waals surface area contributed by atoms with Crippen LogP contribution in [0.2, 0.25) is 0 Å². The van der Waals surface area contributed by atoms with Gasteiger partial charge in [0, 0.05) is 16.6 Å². The summed E-state index contributed by atoms with van der Waals surface area (Å²) in [4.78, 5) is 22.2. The highest BCUT2D eigenvalue weighted by atomic mass is 32.1. The van der Waals surface area contributed by atoms with Crippen LogP contribution >= 0.6 is 11.3 Å². The van der Waals surface area contributed by atoms with Crippen molar-refractivity contribution in [2.24, 2.45) is 0 Å². The minimum atomic E-state index is -0.297. The summed E-state index contributed by atoms with van der Waals surface area (Å²) in [5.41, 5.74) is 2.02. The fourth-order valence-corrected chi connectivity index (χ4v) is 3.62. The number of aryl methyl sites for hydroxylation is 2. The maximum Gasteiger partial charge on any atom is 0.276 e. The molecule has 0 aliphatic heterocycles. The summed E-state index contributed by atoms with van der Waals surface area (Å²) in [5.74, 6) is 1.79. The maximum atomic E-state index is 12.7. The number of amides is 1. The molecule has 0 saturated carbocycles. The Kier molecular flexibility index (Phi) is 5.79. The summed E-state index contributed by atoms with van der Waals surface area (Å²) >= 11 is 1.42. The number of thiazole rings is 1. The van der Waals surface area contributed by atoms with Crippen LogP contribution in [0.3, 0.4) is 0 Å². The number of anilines is 1. The molecule has 2 heterocycles. The molecular weight excluding hydrogens is 378 g/mol. The Morgan fingerprint density at radius 1 is 1.07 bits per heavy atom. The van der Waals surface area contributed by atoms with Crippen LogP contribution < -0.4 is 19.5 Å². The summed E-state index contributed by atoms with van der Waals surface area (Å²) < 4.78 is 16.2. The van der Waals surface area contributed by atoms with Gasteiger partial charge in [-0.3, -0.25) is 4.79 Å². The van der Waals surface area contributed by atoms with Crippen molar-refractivity contribution < 1.29 is 19.0 Å². The number of ether oxygens (including phenoxy) is 3. The lowest BCUT2D eigenvalue weighted by Crippen LogP contribution is -2.15. The molecule has 1 N–H and O–H groups in total. The molecule has 7 nitrogen and oxygen atoms in total. The number of nitrogens with zero attached hydrogens (tertiary/aromatic N) is 2. The second-order valence-electron chi connectivity index (χ2n) is 5.96. The van der Waals surface area contributed by atoms with Crippen molar-refractivity contribution >= 4 is 23.1 Å². The SMILES string of the molecule is COc1cc(-c2nc(C(=O)Nc3ncccc3C)c(C)s2)cc(OC)c1OC. The van der Waals surface area contributed by atoms with Gasteiger partial charge in [-0.15, -0.1) is 11.3 Å². The van der Waals surface area contributed by atoms with Gasteiger partial charge < -0.3 is 19.5 Å².